The summed E-state index contributed by atoms with van der Waals surface area (Å²) >= 11 is 7.29. The van der Waals surface area contributed by atoms with E-state index < -0.39 is 0 Å². The van der Waals surface area contributed by atoms with Crippen molar-refractivity contribution in [2.45, 2.75) is 5.16 Å². The van der Waals surface area contributed by atoms with Crippen molar-refractivity contribution < 1.29 is 14.3 Å². The average molecular weight is 452 g/mol. The van der Waals surface area contributed by atoms with Gasteiger partial charge in [0.1, 0.15) is 11.5 Å². The van der Waals surface area contributed by atoms with Crippen molar-refractivity contribution in [3.8, 4) is 28.6 Å². The number of para-hydroxylation sites is 1. The van der Waals surface area contributed by atoms with Crippen molar-refractivity contribution in [1.82, 2.24) is 14.8 Å². The standard InChI is InChI=1S/C23H18ClN3O3S/c1-29-21(28)15-31-23-26-25-22(16-7-9-17(24)10-8-16)27(23)18-11-13-20(14-12-18)30-19-5-3-2-4-6-19/h2-14H,15H2,1H3. The van der Waals surface area contributed by atoms with Gasteiger partial charge < -0.3 is 9.47 Å². The van der Waals surface area contributed by atoms with Gasteiger partial charge in [0.2, 0.25) is 0 Å². The highest BCUT2D eigenvalue weighted by molar-refractivity contribution is 7.99. The minimum atomic E-state index is -0.334. The van der Waals surface area contributed by atoms with Crippen LogP contribution < -0.4 is 4.74 Å². The molecule has 3 aromatic carbocycles. The predicted octanol–water partition coefficient (Wildman–Crippen LogP) is 5.65. The number of nitrogens with zero attached hydrogens (tertiary/aromatic N) is 3. The van der Waals surface area contributed by atoms with Gasteiger partial charge in [-0.2, -0.15) is 0 Å². The molecule has 0 N–H and O–H groups in total. The van der Waals surface area contributed by atoms with Crippen molar-refractivity contribution in [2.24, 2.45) is 0 Å². The largest absolute Gasteiger partial charge is 0.468 e. The second-order valence-corrected chi connectivity index (χ2v) is 7.80. The first-order valence-corrected chi connectivity index (χ1v) is 10.7. The van der Waals surface area contributed by atoms with Crippen LogP contribution in [0.4, 0.5) is 0 Å². The highest BCUT2D eigenvalue weighted by Gasteiger charge is 2.17. The van der Waals surface area contributed by atoms with Crippen LogP contribution in [0, 0.1) is 0 Å². The van der Waals surface area contributed by atoms with E-state index in [0.29, 0.717) is 21.8 Å². The van der Waals surface area contributed by atoms with E-state index in [2.05, 4.69) is 10.2 Å². The molecule has 1 heterocycles. The Morgan fingerprint density at radius 3 is 2.29 bits per heavy atom. The molecule has 0 fully saturated rings. The molecule has 6 nitrogen and oxygen atoms in total. The highest BCUT2D eigenvalue weighted by Crippen LogP contribution is 2.30. The lowest BCUT2D eigenvalue weighted by Gasteiger charge is -2.12. The molecule has 0 atom stereocenters. The monoisotopic (exact) mass is 451 g/mol. The summed E-state index contributed by atoms with van der Waals surface area (Å²) in [6.45, 7) is 0. The summed E-state index contributed by atoms with van der Waals surface area (Å²) in [5.74, 6) is 1.90. The van der Waals surface area contributed by atoms with Gasteiger partial charge in [-0.05, 0) is 60.7 Å². The van der Waals surface area contributed by atoms with Crippen LogP contribution in [0.3, 0.4) is 0 Å². The molecule has 0 aliphatic heterocycles. The number of benzene rings is 3. The molecule has 0 saturated heterocycles. The van der Waals surface area contributed by atoms with Crippen LogP contribution in [0.15, 0.2) is 84.0 Å². The third-order valence-electron chi connectivity index (χ3n) is 4.36. The van der Waals surface area contributed by atoms with Gasteiger partial charge in [0.05, 0.1) is 12.9 Å². The number of hydrogen-bond donors (Lipinski definition) is 0. The second kappa shape index (κ2) is 9.68. The lowest BCUT2D eigenvalue weighted by molar-refractivity contribution is -0.137. The lowest BCUT2D eigenvalue weighted by Crippen LogP contribution is -2.05. The molecule has 0 radical (unpaired) electrons. The maximum Gasteiger partial charge on any atom is 0.316 e. The number of aromatic nitrogens is 3. The van der Waals surface area contributed by atoms with Crippen LogP contribution in [0.5, 0.6) is 11.5 Å². The third-order valence-corrected chi connectivity index (χ3v) is 5.51. The van der Waals surface area contributed by atoms with Crippen LogP contribution in [0.2, 0.25) is 5.02 Å². The minimum absolute atomic E-state index is 0.129. The van der Waals surface area contributed by atoms with E-state index in [1.807, 2.05) is 71.3 Å². The third kappa shape index (κ3) is 5.07. The normalized spacial score (nSPS) is 10.6. The molecule has 0 saturated carbocycles. The predicted molar refractivity (Wildman–Crippen MR) is 121 cm³/mol. The fourth-order valence-corrected chi connectivity index (χ4v) is 3.76. The summed E-state index contributed by atoms with van der Waals surface area (Å²) in [5.41, 5.74) is 1.69. The molecule has 4 aromatic rings. The molecular formula is C23H18ClN3O3S. The number of rotatable bonds is 7. The van der Waals surface area contributed by atoms with Crippen molar-refractivity contribution in [1.29, 1.82) is 0 Å². The second-order valence-electron chi connectivity index (χ2n) is 6.42. The number of thioether (sulfide) groups is 1. The number of carbonyl (C=O) groups excluding carboxylic acids is 1. The fraction of sp³-hybridized carbons (Fsp3) is 0.0870. The Labute approximate surface area is 188 Å². The topological polar surface area (TPSA) is 66.2 Å². The summed E-state index contributed by atoms with van der Waals surface area (Å²) in [5, 5.41) is 9.86. The number of methoxy groups -OCH3 is 1. The van der Waals surface area contributed by atoms with Gasteiger partial charge in [-0.25, -0.2) is 0 Å². The Balaban J connectivity index is 1.68. The zero-order valence-electron chi connectivity index (χ0n) is 16.6. The Bertz CT molecular complexity index is 1160. The highest BCUT2D eigenvalue weighted by atomic mass is 35.5. The number of esters is 1. The molecule has 0 aliphatic carbocycles. The number of ether oxygens (including phenoxy) is 2. The van der Waals surface area contributed by atoms with Crippen molar-refractivity contribution in [3.63, 3.8) is 0 Å². The van der Waals surface area contributed by atoms with E-state index in [-0.39, 0.29) is 11.7 Å². The van der Waals surface area contributed by atoms with Gasteiger partial charge in [-0.3, -0.25) is 9.36 Å². The van der Waals surface area contributed by atoms with E-state index in [4.69, 9.17) is 21.1 Å². The average Bonchev–Trinajstić information content (AvgIpc) is 3.23. The van der Waals surface area contributed by atoms with Gasteiger partial charge in [0.15, 0.2) is 11.0 Å². The number of carbonyl (C=O) groups is 1. The number of halogens is 1. The van der Waals surface area contributed by atoms with Crippen LogP contribution >= 0.6 is 23.4 Å². The molecule has 0 unspecified atom stereocenters. The maximum atomic E-state index is 11.6. The molecule has 0 spiro atoms. The number of hydrogen-bond acceptors (Lipinski definition) is 6. The molecule has 31 heavy (non-hydrogen) atoms. The first-order chi connectivity index (χ1) is 15.1. The van der Waals surface area contributed by atoms with Crippen molar-refractivity contribution in [3.05, 3.63) is 83.9 Å². The maximum absolute atomic E-state index is 11.6. The van der Waals surface area contributed by atoms with E-state index in [1.54, 1.807) is 12.1 Å². The summed E-state index contributed by atoms with van der Waals surface area (Å²) in [6.07, 6.45) is 0. The van der Waals surface area contributed by atoms with Crippen LogP contribution in [-0.4, -0.2) is 33.6 Å². The lowest BCUT2D eigenvalue weighted by atomic mass is 10.2. The van der Waals surface area contributed by atoms with Crippen molar-refractivity contribution >= 4 is 29.3 Å². The first-order valence-electron chi connectivity index (χ1n) is 9.38. The van der Waals surface area contributed by atoms with Gasteiger partial charge in [-0.15, -0.1) is 10.2 Å². The zero-order chi connectivity index (χ0) is 21.6. The SMILES string of the molecule is COC(=O)CSc1nnc(-c2ccc(Cl)cc2)n1-c1ccc(Oc2ccccc2)cc1. The molecule has 1 aromatic heterocycles. The Morgan fingerprint density at radius 1 is 0.935 bits per heavy atom. The summed E-state index contributed by atoms with van der Waals surface area (Å²) in [6, 6.07) is 24.5. The zero-order valence-corrected chi connectivity index (χ0v) is 18.1. The van der Waals surface area contributed by atoms with Crippen LogP contribution in [0.1, 0.15) is 0 Å². The van der Waals surface area contributed by atoms with Crippen molar-refractivity contribution in [2.75, 3.05) is 12.9 Å². The molecule has 0 bridgehead atoms. The summed E-state index contributed by atoms with van der Waals surface area (Å²) in [4.78, 5) is 11.6. The van der Waals surface area contributed by atoms with Crippen LogP contribution in [0.25, 0.3) is 17.1 Å². The van der Waals surface area contributed by atoms with E-state index in [0.717, 1.165) is 17.0 Å². The Morgan fingerprint density at radius 2 is 1.61 bits per heavy atom. The molecule has 0 aliphatic rings. The molecule has 156 valence electrons. The van der Waals surface area contributed by atoms with Crippen LogP contribution in [-0.2, 0) is 9.53 Å². The summed E-state index contributed by atoms with van der Waals surface area (Å²) < 4.78 is 12.5. The Hall–Kier alpha value is -3.29. The molecular weight excluding hydrogens is 434 g/mol. The quantitative estimate of drug-likeness (QED) is 0.267. The molecule has 8 heteroatoms. The van der Waals surface area contributed by atoms with E-state index in [9.17, 15) is 4.79 Å². The fourth-order valence-electron chi connectivity index (χ4n) is 2.85. The van der Waals surface area contributed by atoms with Gasteiger partial charge in [-0.1, -0.05) is 41.6 Å². The van der Waals surface area contributed by atoms with Gasteiger partial charge in [0.25, 0.3) is 0 Å². The van der Waals surface area contributed by atoms with E-state index in [1.165, 1.54) is 18.9 Å². The smallest absolute Gasteiger partial charge is 0.316 e. The van der Waals surface area contributed by atoms with Gasteiger partial charge >= 0.3 is 5.97 Å². The minimum Gasteiger partial charge on any atom is -0.468 e. The van der Waals surface area contributed by atoms with Gasteiger partial charge in [0, 0.05) is 16.3 Å². The molecule has 0 amide bonds. The molecule has 4 rings (SSSR count). The summed E-state index contributed by atoms with van der Waals surface area (Å²) in [7, 11) is 1.36. The first kappa shape index (κ1) is 21.0. The Kier molecular flexibility index (Phi) is 6.54. The van der Waals surface area contributed by atoms with E-state index >= 15 is 0 Å².